The Kier molecular flexibility index (Phi) is 3.98. The summed E-state index contributed by atoms with van der Waals surface area (Å²) in [4.78, 5) is 3.80. The van der Waals surface area contributed by atoms with E-state index in [1.54, 1.807) is 0 Å². The molecule has 2 heterocycles. The van der Waals surface area contributed by atoms with Crippen molar-refractivity contribution in [1.82, 2.24) is 5.32 Å². The first-order valence-corrected chi connectivity index (χ1v) is 6.30. The lowest BCUT2D eigenvalue weighted by atomic mass is 9.94. The van der Waals surface area contributed by atoms with E-state index in [0.717, 1.165) is 11.8 Å². The fraction of sp³-hybridized carbons (Fsp3) is 0.889. The van der Waals surface area contributed by atoms with Gasteiger partial charge in [0.1, 0.15) is 23.7 Å². The molecule has 2 fully saturated rings. The molecule has 19 heavy (non-hydrogen) atoms. The molecule has 0 amide bonds. The van der Waals surface area contributed by atoms with E-state index in [-0.39, 0.29) is 0 Å². The number of hydrogen-bond donors (Lipinski definition) is 4. The normalized spacial score (nSPS) is 42.9. The van der Waals surface area contributed by atoms with E-state index < -0.39 is 42.1 Å². The third-order valence-corrected chi connectivity index (χ3v) is 4.17. The molecule has 4 N–H and O–H groups in total. The van der Waals surface area contributed by atoms with Crippen LogP contribution in [0.15, 0.2) is 4.99 Å². The van der Waals surface area contributed by atoms with Gasteiger partial charge in [-0.15, -0.1) is 0 Å². The molecule has 0 bridgehead atoms. The number of hydrogen-bond acceptors (Lipinski definition) is 6. The largest absolute Gasteiger partial charge is 0.417 e. The Labute approximate surface area is 110 Å². The molecule has 0 spiro atoms. The number of aliphatic imine (C=N–C) groups is 1. The van der Waals surface area contributed by atoms with Crippen molar-refractivity contribution >= 4 is 16.9 Å². The van der Waals surface area contributed by atoms with Crippen molar-refractivity contribution in [2.45, 2.75) is 42.1 Å². The van der Waals surface area contributed by atoms with Gasteiger partial charge in [0.25, 0.3) is 0 Å². The molecule has 0 saturated carbocycles. The molecular weight excluding hydrogens is 289 g/mol. The van der Waals surface area contributed by atoms with Crippen molar-refractivity contribution in [3.63, 3.8) is 0 Å². The van der Waals surface area contributed by atoms with Crippen molar-refractivity contribution in [2.24, 2.45) is 4.99 Å². The standard InChI is InChI=1S/C9H13F3N2O4S/c1-13-8-14-2-3(15)4(16)5(18-7(2)19-8)6(17)9(10,11)12/h2-7,15-17H,1H3,(H,13,14)/t2-,3-,4+,5+,6?,7-/m1/s1. The maximum atomic E-state index is 12.5. The molecule has 10 heteroatoms. The molecular formula is C9H13F3N2O4S. The number of nitrogens with zero attached hydrogens (tertiary/aromatic N) is 1. The summed E-state index contributed by atoms with van der Waals surface area (Å²) in [6.45, 7) is 0. The fourth-order valence-corrected chi connectivity index (χ4v) is 3.08. The summed E-state index contributed by atoms with van der Waals surface area (Å²) in [7, 11) is 1.47. The summed E-state index contributed by atoms with van der Waals surface area (Å²) in [5.41, 5.74) is -0.848. The number of amidine groups is 1. The summed E-state index contributed by atoms with van der Waals surface area (Å²) < 4.78 is 42.4. The van der Waals surface area contributed by atoms with E-state index in [4.69, 9.17) is 9.84 Å². The van der Waals surface area contributed by atoms with Crippen molar-refractivity contribution < 1.29 is 33.2 Å². The highest BCUT2D eigenvalue weighted by molar-refractivity contribution is 8.14. The van der Waals surface area contributed by atoms with Gasteiger partial charge in [0, 0.05) is 7.05 Å². The first kappa shape index (κ1) is 14.9. The van der Waals surface area contributed by atoms with Crippen LogP contribution in [0, 0.1) is 0 Å². The molecule has 2 rings (SSSR count). The fourth-order valence-electron chi connectivity index (χ4n) is 1.99. The van der Waals surface area contributed by atoms with Gasteiger partial charge >= 0.3 is 6.18 Å². The number of nitrogens with one attached hydrogen (secondary N) is 1. The average Bonchev–Trinajstić information content (AvgIpc) is 2.75. The van der Waals surface area contributed by atoms with Gasteiger partial charge < -0.3 is 25.4 Å². The number of thioether (sulfide) groups is 1. The van der Waals surface area contributed by atoms with Crippen molar-refractivity contribution in [2.75, 3.05) is 7.05 Å². The number of aliphatic hydroxyl groups excluding tert-OH is 3. The van der Waals surface area contributed by atoms with Gasteiger partial charge in [-0.1, -0.05) is 11.8 Å². The summed E-state index contributed by atoms with van der Waals surface area (Å²) in [6.07, 6.45) is -13.1. The van der Waals surface area contributed by atoms with Crippen LogP contribution in [0.25, 0.3) is 0 Å². The zero-order valence-electron chi connectivity index (χ0n) is 9.70. The molecule has 6 nitrogen and oxygen atoms in total. The number of fused-ring (bicyclic) bond motifs is 1. The van der Waals surface area contributed by atoms with Gasteiger partial charge in [0.2, 0.25) is 0 Å². The third kappa shape index (κ3) is 2.68. The molecule has 0 aromatic rings. The molecule has 0 radical (unpaired) electrons. The van der Waals surface area contributed by atoms with Crippen LogP contribution in [0.2, 0.25) is 0 Å². The smallest absolute Gasteiger partial charge is 0.388 e. The van der Waals surface area contributed by atoms with E-state index in [0.29, 0.717) is 5.17 Å². The molecule has 6 atom stereocenters. The highest BCUT2D eigenvalue weighted by Gasteiger charge is 2.56. The monoisotopic (exact) mass is 302 g/mol. The van der Waals surface area contributed by atoms with Gasteiger partial charge in [-0.05, 0) is 0 Å². The number of ether oxygens (including phenoxy) is 1. The minimum absolute atomic E-state index is 0.392. The van der Waals surface area contributed by atoms with Crippen molar-refractivity contribution in [3.8, 4) is 0 Å². The van der Waals surface area contributed by atoms with Crippen molar-refractivity contribution in [3.05, 3.63) is 0 Å². The van der Waals surface area contributed by atoms with E-state index in [1.807, 2.05) is 0 Å². The Balaban J connectivity index is 2.17. The molecule has 2 aliphatic heterocycles. The minimum atomic E-state index is -4.93. The maximum Gasteiger partial charge on any atom is 0.417 e. The number of rotatable bonds is 1. The molecule has 0 aliphatic carbocycles. The third-order valence-electron chi connectivity index (χ3n) is 3.01. The Morgan fingerprint density at radius 2 is 2.00 bits per heavy atom. The Bertz CT molecular complexity index is 381. The van der Waals surface area contributed by atoms with E-state index in [2.05, 4.69) is 10.3 Å². The van der Waals surface area contributed by atoms with Crippen LogP contribution in [0.3, 0.4) is 0 Å². The summed E-state index contributed by atoms with van der Waals surface area (Å²) in [6, 6.07) is -0.768. The SMILES string of the molecule is CN=C1N[C@@H]2[C@@H](O)[C@H](O)[C@@H](C(O)C(F)(F)F)O[C@@H]2S1. The van der Waals surface area contributed by atoms with Crippen LogP contribution >= 0.6 is 11.8 Å². The maximum absolute atomic E-state index is 12.5. The Morgan fingerprint density at radius 3 is 2.53 bits per heavy atom. The predicted octanol–water partition coefficient (Wildman–Crippen LogP) is -0.953. The van der Waals surface area contributed by atoms with Crippen LogP contribution in [-0.2, 0) is 4.74 Å². The van der Waals surface area contributed by atoms with Gasteiger partial charge in [-0.2, -0.15) is 13.2 Å². The van der Waals surface area contributed by atoms with Gasteiger partial charge in [0.05, 0.1) is 6.04 Å². The zero-order valence-corrected chi connectivity index (χ0v) is 10.5. The highest BCUT2D eigenvalue weighted by Crippen LogP contribution is 2.37. The second-order valence-corrected chi connectivity index (χ2v) is 5.34. The second kappa shape index (κ2) is 5.09. The predicted molar refractivity (Wildman–Crippen MR) is 60.6 cm³/mol. The molecule has 2 aliphatic rings. The first-order valence-electron chi connectivity index (χ1n) is 5.42. The summed E-state index contributed by atoms with van der Waals surface area (Å²) in [5.74, 6) is 0. The average molecular weight is 302 g/mol. The zero-order chi connectivity index (χ0) is 14.4. The Hall–Kier alpha value is -0.550. The topological polar surface area (TPSA) is 94.3 Å². The molecule has 110 valence electrons. The lowest BCUT2D eigenvalue weighted by Gasteiger charge is -2.40. The van der Waals surface area contributed by atoms with E-state index >= 15 is 0 Å². The lowest BCUT2D eigenvalue weighted by Crippen LogP contribution is -2.63. The van der Waals surface area contributed by atoms with Crippen LogP contribution < -0.4 is 5.32 Å². The van der Waals surface area contributed by atoms with E-state index in [9.17, 15) is 23.4 Å². The lowest BCUT2D eigenvalue weighted by molar-refractivity contribution is -0.272. The van der Waals surface area contributed by atoms with E-state index in [1.165, 1.54) is 7.05 Å². The minimum Gasteiger partial charge on any atom is -0.388 e. The molecule has 1 unspecified atom stereocenters. The molecule has 0 aromatic heterocycles. The number of halogens is 3. The number of alkyl halides is 3. The first-order chi connectivity index (χ1) is 8.75. The van der Waals surface area contributed by atoms with Crippen LogP contribution in [0.1, 0.15) is 0 Å². The van der Waals surface area contributed by atoms with Crippen molar-refractivity contribution in [1.29, 1.82) is 0 Å². The van der Waals surface area contributed by atoms with Gasteiger partial charge in [-0.3, -0.25) is 4.99 Å². The quantitative estimate of drug-likeness (QED) is 0.499. The number of aliphatic hydroxyl groups is 3. The van der Waals surface area contributed by atoms with Gasteiger partial charge in [0.15, 0.2) is 11.3 Å². The summed E-state index contributed by atoms with van der Waals surface area (Å²) >= 11 is 0.999. The highest BCUT2D eigenvalue weighted by atomic mass is 32.2. The molecule has 0 aromatic carbocycles. The van der Waals surface area contributed by atoms with Gasteiger partial charge in [-0.25, -0.2) is 0 Å². The van der Waals surface area contributed by atoms with Crippen LogP contribution in [-0.4, -0.2) is 69.6 Å². The second-order valence-electron chi connectivity index (χ2n) is 4.25. The molecule has 2 saturated heterocycles. The van der Waals surface area contributed by atoms with Crippen LogP contribution in [0.4, 0.5) is 13.2 Å². The Morgan fingerprint density at radius 1 is 1.37 bits per heavy atom. The van der Waals surface area contributed by atoms with Crippen LogP contribution in [0.5, 0.6) is 0 Å². The summed E-state index contributed by atoms with van der Waals surface area (Å²) in [5, 5.41) is 31.7.